The molecular formula is C22H24O2. The van der Waals surface area contributed by atoms with E-state index in [2.05, 4.69) is 49.4 Å². The Morgan fingerprint density at radius 3 is 2.21 bits per heavy atom. The maximum atomic E-state index is 5.53. The van der Waals surface area contributed by atoms with Crippen LogP contribution in [0.3, 0.4) is 0 Å². The summed E-state index contributed by atoms with van der Waals surface area (Å²) in [5.74, 6) is 2.75. The number of aryl methyl sites for hydroxylation is 1. The van der Waals surface area contributed by atoms with Gasteiger partial charge in [-0.25, -0.2) is 0 Å². The second-order valence-electron chi connectivity index (χ2n) is 6.98. The van der Waals surface area contributed by atoms with Gasteiger partial charge >= 0.3 is 0 Å². The minimum Gasteiger partial charge on any atom is -0.493 e. The molecule has 0 spiro atoms. The van der Waals surface area contributed by atoms with Gasteiger partial charge in [0.15, 0.2) is 11.5 Å². The van der Waals surface area contributed by atoms with Crippen molar-refractivity contribution < 1.29 is 9.47 Å². The van der Waals surface area contributed by atoms with Gasteiger partial charge < -0.3 is 9.47 Å². The molecule has 0 amide bonds. The summed E-state index contributed by atoms with van der Waals surface area (Å²) in [6.45, 7) is 2.14. The Hall–Kier alpha value is -2.22. The van der Waals surface area contributed by atoms with Crippen LogP contribution in [0, 0.1) is 6.92 Å². The quantitative estimate of drug-likeness (QED) is 0.747. The van der Waals surface area contributed by atoms with Crippen molar-refractivity contribution in [1.29, 1.82) is 0 Å². The summed E-state index contributed by atoms with van der Waals surface area (Å²) in [7, 11) is 3.43. The van der Waals surface area contributed by atoms with Crippen LogP contribution < -0.4 is 9.47 Å². The van der Waals surface area contributed by atoms with E-state index in [1.165, 1.54) is 40.7 Å². The first-order chi connectivity index (χ1) is 11.7. The number of allylic oxidation sites excluding steroid dienone is 2. The lowest BCUT2D eigenvalue weighted by Gasteiger charge is -2.28. The average Bonchev–Trinajstić information content (AvgIpc) is 2.92. The van der Waals surface area contributed by atoms with Gasteiger partial charge in [0, 0.05) is 5.92 Å². The lowest BCUT2D eigenvalue weighted by Crippen LogP contribution is -2.11. The third kappa shape index (κ3) is 2.50. The van der Waals surface area contributed by atoms with Gasteiger partial charge in [0.05, 0.1) is 14.2 Å². The van der Waals surface area contributed by atoms with Crippen LogP contribution in [0.2, 0.25) is 0 Å². The first kappa shape index (κ1) is 15.3. The van der Waals surface area contributed by atoms with Crippen LogP contribution in [0.25, 0.3) is 5.57 Å². The van der Waals surface area contributed by atoms with E-state index in [4.69, 9.17) is 9.47 Å². The van der Waals surface area contributed by atoms with Gasteiger partial charge in [0.25, 0.3) is 0 Å². The Morgan fingerprint density at radius 1 is 0.875 bits per heavy atom. The highest BCUT2D eigenvalue weighted by molar-refractivity contribution is 5.70. The Bertz CT molecular complexity index is 786. The zero-order chi connectivity index (χ0) is 16.7. The summed E-state index contributed by atoms with van der Waals surface area (Å²) in [4.78, 5) is 0. The van der Waals surface area contributed by atoms with Crippen LogP contribution in [0.15, 0.2) is 42.5 Å². The number of ether oxygens (including phenoxy) is 2. The molecule has 2 unspecified atom stereocenters. The van der Waals surface area contributed by atoms with Gasteiger partial charge in [-0.2, -0.15) is 0 Å². The fourth-order valence-electron chi connectivity index (χ4n) is 4.22. The van der Waals surface area contributed by atoms with Crippen LogP contribution in [-0.2, 0) is 0 Å². The third-order valence-electron chi connectivity index (χ3n) is 5.55. The van der Waals surface area contributed by atoms with Crippen molar-refractivity contribution in [3.63, 3.8) is 0 Å². The smallest absolute Gasteiger partial charge is 0.161 e. The molecule has 0 saturated heterocycles. The minimum absolute atomic E-state index is 0.481. The summed E-state index contributed by atoms with van der Waals surface area (Å²) in [6.07, 6.45) is 6.08. The van der Waals surface area contributed by atoms with E-state index >= 15 is 0 Å². The highest BCUT2D eigenvalue weighted by atomic mass is 16.5. The van der Waals surface area contributed by atoms with E-state index in [0.29, 0.717) is 11.8 Å². The average molecular weight is 320 g/mol. The Labute approximate surface area is 144 Å². The molecule has 124 valence electrons. The molecule has 0 aromatic heterocycles. The van der Waals surface area contributed by atoms with Crippen molar-refractivity contribution in [3.8, 4) is 11.5 Å². The van der Waals surface area contributed by atoms with E-state index in [-0.39, 0.29) is 0 Å². The molecule has 5 rings (SSSR count). The van der Waals surface area contributed by atoms with Crippen LogP contribution in [0.5, 0.6) is 11.5 Å². The number of methoxy groups -OCH3 is 2. The third-order valence-corrected chi connectivity index (χ3v) is 5.55. The molecule has 0 aliphatic heterocycles. The Morgan fingerprint density at radius 2 is 1.54 bits per heavy atom. The molecule has 2 atom stereocenters. The minimum atomic E-state index is 0.481. The van der Waals surface area contributed by atoms with E-state index in [1.807, 2.05) is 0 Å². The summed E-state index contributed by atoms with van der Waals surface area (Å²) in [5, 5.41) is 0. The van der Waals surface area contributed by atoms with E-state index in [1.54, 1.807) is 14.2 Å². The molecule has 0 heterocycles. The summed E-state index contributed by atoms with van der Waals surface area (Å²) in [6, 6.07) is 13.3. The van der Waals surface area contributed by atoms with Gasteiger partial charge in [-0.05, 0) is 66.5 Å². The zero-order valence-electron chi connectivity index (χ0n) is 14.6. The highest BCUT2D eigenvalue weighted by Crippen LogP contribution is 2.50. The zero-order valence-corrected chi connectivity index (χ0v) is 14.6. The first-order valence-electron chi connectivity index (χ1n) is 8.73. The summed E-state index contributed by atoms with van der Waals surface area (Å²) in [5.41, 5.74) is 7.03. The predicted molar refractivity (Wildman–Crippen MR) is 98.0 cm³/mol. The maximum Gasteiger partial charge on any atom is 0.161 e. The number of hydrogen-bond donors (Lipinski definition) is 0. The summed E-state index contributed by atoms with van der Waals surface area (Å²) < 4.78 is 11.1. The monoisotopic (exact) mass is 320 g/mol. The second-order valence-corrected chi connectivity index (χ2v) is 6.98. The molecule has 3 aliphatic rings. The fraction of sp³-hybridized carbons (Fsp3) is 0.364. The van der Waals surface area contributed by atoms with Crippen molar-refractivity contribution in [1.82, 2.24) is 0 Å². The number of fused-ring (bicyclic) bond motifs is 2. The molecule has 2 bridgehead atoms. The largest absolute Gasteiger partial charge is 0.493 e. The van der Waals surface area contributed by atoms with E-state index in [9.17, 15) is 0 Å². The molecule has 2 aromatic rings. The first-order valence-corrected chi connectivity index (χ1v) is 8.73. The van der Waals surface area contributed by atoms with E-state index in [0.717, 1.165) is 17.9 Å². The molecule has 2 heteroatoms. The SMILES string of the molecule is COc1cc2c(cc1OC)C1CCC2C=C(c2ccc(C)cc2)C1. The number of hydrogen-bond acceptors (Lipinski definition) is 2. The standard InChI is InChI=1S/C22H24O2/c1-14-4-6-15(7-5-14)18-10-16-8-9-17(11-18)20-13-22(24-3)21(23-2)12-19(16)20/h4-7,10,12-13,16-17H,8-9,11H2,1-3H3. The molecule has 2 aromatic carbocycles. The van der Waals surface area contributed by atoms with Crippen molar-refractivity contribution in [2.45, 2.75) is 38.0 Å². The number of benzene rings is 2. The van der Waals surface area contributed by atoms with Gasteiger partial charge in [0.1, 0.15) is 0 Å². The Kier molecular flexibility index (Phi) is 3.84. The molecule has 0 radical (unpaired) electrons. The maximum absolute atomic E-state index is 5.53. The predicted octanol–water partition coefficient (Wildman–Crippen LogP) is 5.46. The van der Waals surface area contributed by atoms with Crippen LogP contribution in [0.1, 0.15) is 53.4 Å². The molecule has 3 aliphatic carbocycles. The molecular weight excluding hydrogens is 296 g/mol. The van der Waals surface area contributed by atoms with Gasteiger partial charge in [-0.3, -0.25) is 0 Å². The fourth-order valence-corrected chi connectivity index (χ4v) is 4.22. The van der Waals surface area contributed by atoms with Gasteiger partial charge in [-0.1, -0.05) is 35.9 Å². The molecule has 24 heavy (non-hydrogen) atoms. The molecule has 0 N–H and O–H groups in total. The topological polar surface area (TPSA) is 18.5 Å². The molecule has 2 nitrogen and oxygen atoms in total. The number of rotatable bonds is 3. The van der Waals surface area contributed by atoms with Gasteiger partial charge in [-0.15, -0.1) is 0 Å². The lowest BCUT2D eigenvalue weighted by molar-refractivity contribution is 0.352. The van der Waals surface area contributed by atoms with Crippen molar-refractivity contribution in [2.75, 3.05) is 14.2 Å². The normalized spacial score (nSPS) is 21.7. The molecule has 0 saturated carbocycles. The van der Waals surface area contributed by atoms with Crippen molar-refractivity contribution in [2.24, 2.45) is 0 Å². The Balaban J connectivity index is 1.78. The van der Waals surface area contributed by atoms with Crippen molar-refractivity contribution in [3.05, 3.63) is 64.7 Å². The highest BCUT2D eigenvalue weighted by Gasteiger charge is 2.32. The second kappa shape index (κ2) is 6.01. The van der Waals surface area contributed by atoms with Crippen LogP contribution in [-0.4, -0.2) is 14.2 Å². The van der Waals surface area contributed by atoms with E-state index < -0.39 is 0 Å². The van der Waals surface area contributed by atoms with Crippen LogP contribution in [0.4, 0.5) is 0 Å². The van der Waals surface area contributed by atoms with Crippen LogP contribution >= 0.6 is 0 Å². The van der Waals surface area contributed by atoms with Gasteiger partial charge in [0.2, 0.25) is 0 Å². The lowest BCUT2D eigenvalue weighted by atomic mass is 9.77. The summed E-state index contributed by atoms with van der Waals surface area (Å²) >= 11 is 0. The molecule has 0 fully saturated rings. The van der Waals surface area contributed by atoms with Crippen molar-refractivity contribution >= 4 is 5.57 Å².